The van der Waals surface area contributed by atoms with E-state index in [-0.39, 0.29) is 5.82 Å². The normalized spacial score (nSPS) is 10.5. The lowest BCUT2D eigenvalue weighted by atomic mass is 10.2. The van der Waals surface area contributed by atoms with Crippen LogP contribution >= 0.6 is 0 Å². The van der Waals surface area contributed by atoms with Crippen molar-refractivity contribution in [2.45, 2.75) is 6.54 Å². The standard InChI is InChI=1S/C12H19FN2O/c1-14-9-10-6-11(13)8-12(7-10)15(2)4-5-16-3/h6-8,14H,4-5,9H2,1-3H3. The van der Waals surface area contributed by atoms with Gasteiger partial charge in [-0.25, -0.2) is 4.39 Å². The Morgan fingerprint density at radius 1 is 1.38 bits per heavy atom. The molecule has 1 aromatic rings. The number of halogens is 1. The third-order valence-corrected chi connectivity index (χ3v) is 2.39. The molecule has 0 saturated carbocycles. The van der Waals surface area contributed by atoms with Gasteiger partial charge in [0.25, 0.3) is 0 Å². The average Bonchev–Trinajstić information content (AvgIpc) is 2.25. The Balaban J connectivity index is 2.78. The molecule has 1 rings (SSSR count). The van der Waals surface area contributed by atoms with Crippen molar-refractivity contribution in [2.24, 2.45) is 0 Å². The Bertz CT molecular complexity index is 331. The summed E-state index contributed by atoms with van der Waals surface area (Å²) in [6.07, 6.45) is 0. The largest absolute Gasteiger partial charge is 0.383 e. The number of nitrogens with zero attached hydrogens (tertiary/aromatic N) is 1. The number of likely N-dealkylation sites (N-methyl/N-ethyl adjacent to an activating group) is 1. The number of ether oxygens (including phenoxy) is 1. The maximum absolute atomic E-state index is 13.3. The van der Waals surface area contributed by atoms with Crippen molar-refractivity contribution in [3.05, 3.63) is 29.6 Å². The van der Waals surface area contributed by atoms with E-state index < -0.39 is 0 Å². The van der Waals surface area contributed by atoms with E-state index in [1.165, 1.54) is 6.07 Å². The molecule has 0 aliphatic heterocycles. The van der Waals surface area contributed by atoms with Crippen molar-refractivity contribution in [2.75, 3.05) is 39.3 Å². The van der Waals surface area contributed by atoms with E-state index in [2.05, 4.69) is 5.32 Å². The molecule has 0 aromatic heterocycles. The molecular formula is C12H19FN2O. The molecule has 0 aliphatic rings. The molecule has 3 nitrogen and oxygen atoms in total. The maximum Gasteiger partial charge on any atom is 0.125 e. The highest BCUT2D eigenvalue weighted by atomic mass is 19.1. The van der Waals surface area contributed by atoms with E-state index in [1.54, 1.807) is 13.2 Å². The first kappa shape index (κ1) is 12.9. The van der Waals surface area contributed by atoms with Crippen LogP contribution in [0.2, 0.25) is 0 Å². The number of hydrogen-bond acceptors (Lipinski definition) is 3. The molecule has 0 aliphatic carbocycles. The van der Waals surface area contributed by atoms with Gasteiger partial charge in [0.05, 0.1) is 6.61 Å². The van der Waals surface area contributed by atoms with Gasteiger partial charge in [0.1, 0.15) is 5.82 Å². The minimum absolute atomic E-state index is 0.202. The fraction of sp³-hybridized carbons (Fsp3) is 0.500. The highest BCUT2D eigenvalue weighted by Crippen LogP contribution is 2.17. The van der Waals surface area contributed by atoms with Crippen LogP contribution in [-0.4, -0.2) is 34.4 Å². The summed E-state index contributed by atoms with van der Waals surface area (Å²) in [5.41, 5.74) is 1.82. The van der Waals surface area contributed by atoms with Crippen molar-refractivity contribution >= 4 is 5.69 Å². The van der Waals surface area contributed by atoms with Crippen molar-refractivity contribution in [1.29, 1.82) is 0 Å². The molecule has 0 spiro atoms. The molecule has 0 heterocycles. The molecule has 0 radical (unpaired) electrons. The first-order valence-corrected chi connectivity index (χ1v) is 5.31. The summed E-state index contributed by atoms with van der Waals surface area (Å²) in [7, 11) is 5.43. The first-order valence-electron chi connectivity index (χ1n) is 5.31. The molecule has 0 fully saturated rings. The lowest BCUT2D eigenvalue weighted by molar-refractivity contribution is 0.206. The molecule has 0 unspecified atom stereocenters. The fourth-order valence-electron chi connectivity index (χ4n) is 1.52. The Morgan fingerprint density at radius 3 is 2.75 bits per heavy atom. The predicted octanol–water partition coefficient (Wildman–Crippen LogP) is 1.63. The third kappa shape index (κ3) is 3.79. The lowest BCUT2D eigenvalue weighted by Crippen LogP contribution is -2.22. The second-order valence-electron chi connectivity index (χ2n) is 3.76. The minimum Gasteiger partial charge on any atom is -0.383 e. The zero-order valence-corrected chi connectivity index (χ0v) is 10.1. The van der Waals surface area contributed by atoms with Gasteiger partial charge in [0, 0.05) is 32.9 Å². The van der Waals surface area contributed by atoms with Crippen LogP contribution in [0.15, 0.2) is 18.2 Å². The summed E-state index contributed by atoms with van der Waals surface area (Å²) >= 11 is 0. The molecule has 1 N–H and O–H groups in total. The quantitative estimate of drug-likeness (QED) is 0.798. The van der Waals surface area contributed by atoms with Gasteiger partial charge in [-0.3, -0.25) is 0 Å². The van der Waals surface area contributed by atoms with Crippen molar-refractivity contribution in [3.63, 3.8) is 0 Å². The summed E-state index contributed by atoms with van der Waals surface area (Å²) in [6.45, 7) is 2.05. The van der Waals surface area contributed by atoms with Crippen LogP contribution in [0, 0.1) is 5.82 Å². The second-order valence-corrected chi connectivity index (χ2v) is 3.76. The van der Waals surface area contributed by atoms with Gasteiger partial charge in [-0.2, -0.15) is 0 Å². The van der Waals surface area contributed by atoms with Gasteiger partial charge >= 0.3 is 0 Å². The van der Waals surface area contributed by atoms with Crippen LogP contribution in [0.4, 0.5) is 10.1 Å². The SMILES string of the molecule is CNCc1cc(F)cc(N(C)CCOC)c1. The van der Waals surface area contributed by atoms with Gasteiger partial charge in [-0.1, -0.05) is 0 Å². The van der Waals surface area contributed by atoms with Gasteiger partial charge in [-0.15, -0.1) is 0 Å². The van der Waals surface area contributed by atoms with E-state index in [1.807, 2.05) is 25.1 Å². The Hall–Kier alpha value is -1.13. The molecule has 90 valence electrons. The second kappa shape index (κ2) is 6.45. The fourth-order valence-corrected chi connectivity index (χ4v) is 1.52. The molecule has 4 heteroatoms. The third-order valence-electron chi connectivity index (χ3n) is 2.39. The number of methoxy groups -OCH3 is 1. The summed E-state index contributed by atoms with van der Waals surface area (Å²) in [5.74, 6) is -0.202. The Labute approximate surface area is 96.2 Å². The monoisotopic (exact) mass is 226 g/mol. The van der Waals surface area contributed by atoms with Gasteiger partial charge in [0.15, 0.2) is 0 Å². The Morgan fingerprint density at radius 2 is 2.12 bits per heavy atom. The van der Waals surface area contributed by atoms with Crippen LogP contribution in [0.3, 0.4) is 0 Å². The zero-order valence-electron chi connectivity index (χ0n) is 10.1. The van der Waals surface area contributed by atoms with Crippen molar-refractivity contribution < 1.29 is 9.13 Å². The van der Waals surface area contributed by atoms with Crippen molar-refractivity contribution in [1.82, 2.24) is 5.32 Å². The van der Waals surface area contributed by atoms with Gasteiger partial charge < -0.3 is 15.0 Å². The smallest absolute Gasteiger partial charge is 0.125 e. The van der Waals surface area contributed by atoms with Gasteiger partial charge in [-0.05, 0) is 30.8 Å². The number of rotatable bonds is 6. The summed E-state index contributed by atoms with van der Waals surface area (Å²) < 4.78 is 18.3. The number of anilines is 1. The molecule has 16 heavy (non-hydrogen) atoms. The number of nitrogens with one attached hydrogen (secondary N) is 1. The molecule has 0 saturated heterocycles. The van der Waals surface area contributed by atoms with E-state index >= 15 is 0 Å². The maximum atomic E-state index is 13.3. The topological polar surface area (TPSA) is 24.5 Å². The summed E-state index contributed by atoms with van der Waals surface area (Å²) in [4.78, 5) is 1.98. The van der Waals surface area contributed by atoms with E-state index in [0.29, 0.717) is 13.2 Å². The van der Waals surface area contributed by atoms with Gasteiger partial charge in [0.2, 0.25) is 0 Å². The highest BCUT2D eigenvalue weighted by Gasteiger charge is 2.04. The zero-order chi connectivity index (χ0) is 12.0. The molecular weight excluding hydrogens is 207 g/mol. The van der Waals surface area contributed by atoms with E-state index in [4.69, 9.17) is 4.74 Å². The summed E-state index contributed by atoms with van der Waals surface area (Å²) in [6, 6.07) is 5.06. The van der Waals surface area contributed by atoms with Crippen LogP contribution in [0.5, 0.6) is 0 Å². The van der Waals surface area contributed by atoms with E-state index in [9.17, 15) is 4.39 Å². The average molecular weight is 226 g/mol. The molecule has 0 atom stereocenters. The molecule has 0 amide bonds. The first-order chi connectivity index (χ1) is 7.67. The molecule has 1 aromatic carbocycles. The van der Waals surface area contributed by atoms with E-state index in [0.717, 1.165) is 17.8 Å². The van der Waals surface area contributed by atoms with Crippen molar-refractivity contribution in [3.8, 4) is 0 Å². The van der Waals surface area contributed by atoms with Crippen LogP contribution in [0.1, 0.15) is 5.56 Å². The van der Waals surface area contributed by atoms with Crippen LogP contribution in [0.25, 0.3) is 0 Å². The number of hydrogen-bond donors (Lipinski definition) is 1. The highest BCUT2D eigenvalue weighted by molar-refractivity contribution is 5.48. The molecule has 0 bridgehead atoms. The number of benzene rings is 1. The van der Waals surface area contributed by atoms with Crippen LogP contribution < -0.4 is 10.2 Å². The lowest BCUT2D eigenvalue weighted by Gasteiger charge is -2.19. The van der Waals surface area contributed by atoms with Crippen LogP contribution in [-0.2, 0) is 11.3 Å². The minimum atomic E-state index is -0.202. The predicted molar refractivity (Wildman–Crippen MR) is 64.3 cm³/mol. The summed E-state index contributed by atoms with van der Waals surface area (Å²) in [5, 5.41) is 3.01. The Kier molecular flexibility index (Phi) is 5.22.